The highest BCUT2D eigenvalue weighted by molar-refractivity contribution is 7.15. The molecule has 6 heteroatoms. The van der Waals surface area contributed by atoms with Crippen LogP contribution in [0.1, 0.15) is 5.69 Å². The molecule has 0 unspecified atom stereocenters. The molecular weight excluding hydrogens is 212 g/mol. The second-order valence-corrected chi connectivity index (χ2v) is 3.87. The summed E-state index contributed by atoms with van der Waals surface area (Å²) in [4.78, 5) is 5.18. The summed E-state index contributed by atoms with van der Waals surface area (Å²) in [6.07, 6.45) is 1.61. The van der Waals surface area contributed by atoms with Crippen LogP contribution in [-0.2, 0) is 6.54 Å². The molecule has 0 aliphatic rings. The van der Waals surface area contributed by atoms with Gasteiger partial charge in [-0.25, -0.2) is 4.52 Å². The molecule has 76 valence electrons. The first-order valence-corrected chi connectivity index (χ1v) is 5.33. The van der Waals surface area contributed by atoms with Gasteiger partial charge in [-0.2, -0.15) is 4.98 Å². The van der Waals surface area contributed by atoms with Crippen molar-refractivity contribution in [2.45, 2.75) is 6.54 Å². The van der Waals surface area contributed by atoms with Crippen molar-refractivity contribution in [3.8, 4) is 11.6 Å². The Morgan fingerprint density at radius 2 is 2.47 bits per heavy atom. The molecule has 0 radical (unpaired) electrons. The molecule has 0 saturated carbocycles. The van der Waals surface area contributed by atoms with Gasteiger partial charge in [-0.05, 0) is 12.1 Å². The zero-order chi connectivity index (χ0) is 10.3. The minimum Gasteiger partial charge on any atom is -0.461 e. The third kappa shape index (κ3) is 1.26. The maximum absolute atomic E-state index is 5.58. The minimum atomic E-state index is 0.459. The van der Waals surface area contributed by atoms with Gasteiger partial charge in [0, 0.05) is 11.9 Å². The standard InChI is InChI=1S/C9H8N4OS/c10-4-6-5-15-9-11-8(12-13(6)9)7-2-1-3-14-7/h1-3,5H,4,10H2. The first-order chi connectivity index (χ1) is 7.38. The quantitative estimate of drug-likeness (QED) is 0.710. The van der Waals surface area contributed by atoms with E-state index in [1.54, 1.807) is 10.8 Å². The van der Waals surface area contributed by atoms with E-state index in [0.29, 0.717) is 18.1 Å². The zero-order valence-electron chi connectivity index (χ0n) is 7.75. The molecule has 0 saturated heterocycles. The Labute approximate surface area is 89.2 Å². The molecule has 3 rings (SSSR count). The summed E-state index contributed by atoms with van der Waals surface area (Å²) < 4.78 is 6.98. The first-order valence-electron chi connectivity index (χ1n) is 4.45. The van der Waals surface area contributed by atoms with Crippen molar-refractivity contribution in [3.63, 3.8) is 0 Å². The normalized spacial score (nSPS) is 11.3. The molecular formula is C9H8N4OS. The van der Waals surface area contributed by atoms with Crippen molar-refractivity contribution in [2.75, 3.05) is 0 Å². The molecule has 0 aromatic carbocycles. The van der Waals surface area contributed by atoms with Crippen LogP contribution in [0.2, 0.25) is 0 Å². The molecule has 0 fully saturated rings. The van der Waals surface area contributed by atoms with Crippen molar-refractivity contribution >= 4 is 16.3 Å². The molecule has 3 aromatic heterocycles. The summed E-state index contributed by atoms with van der Waals surface area (Å²) in [7, 11) is 0. The van der Waals surface area contributed by atoms with Crippen molar-refractivity contribution in [1.82, 2.24) is 14.6 Å². The molecule has 2 N–H and O–H groups in total. The molecule has 0 amide bonds. The van der Waals surface area contributed by atoms with Crippen molar-refractivity contribution in [3.05, 3.63) is 29.5 Å². The van der Waals surface area contributed by atoms with Gasteiger partial charge in [0.1, 0.15) is 0 Å². The number of fused-ring (bicyclic) bond motifs is 1. The van der Waals surface area contributed by atoms with E-state index in [2.05, 4.69) is 10.1 Å². The first kappa shape index (κ1) is 8.63. The predicted octanol–water partition coefficient (Wildman–Crippen LogP) is 1.51. The molecule has 3 heterocycles. The maximum atomic E-state index is 5.58. The highest BCUT2D eigenvalue weighted by Crippen LogP contribution is 2.20. The van der Waals surface area contributed by atoms with E-state index < -0.39 is 0 Å². The fraction of sp³-hybridized carbons (Fsp3) is 0.111. The monoisotopic (exact) mass is 220 g/mol. The fourth-order valence-electron chi connectivity index (χ4n) is 1.38. The Bertz CT molecular complexity index is 580. The Morgan fingerprint density at radius 3 is 3.20 bits per heavy atom. The lowest BCUT2D eigenvalue weighted by molar-refractivity contribution is 0.577. The topological polar surface area (TPSA) is 69.3 Å². The Balaban J connectivity index is 2.19. The summed E-state index contributed by atoms with van der Waals surface area (Å²) in [6.45, 7) is 0.459. The van der Waals surface area contributed by atoms with E-state index in [9.17, 15) is 0 Å². The molecule has 0 spiro atoms. The number of rotatable bonds is 2. The lowest BCUT2D eigenvalue weighted by Crippen LogP contribution is -2.00. The average Bonchev–Trinajstić information content (AvgIpc) is 2.93. The van der Waals surface area contributed by atoms with Crippen LogP contribution in [0.25, 0.3) is 16.5 Å². The van der Waals surface area contributed by atoms with Crippen LogP contribution in [0.15, 0.2) is 28.2 Å². The predicted molar refractivity (Wildman–Crippen MR) is 56.5 cm³/mol. The largest absolute Gasteiger partial charge is 0.461 e. The number of hydrogen-bond acceptors (Lipinski definition) is 5. The molecule has 5 nitrogen and oxygen atoms in total. The van der Waals surface area contributed by atoms with E-state index in [4.69, 9.17) is 10.2 Å². The highest BCUT2D eigenvalue weighted by Gasteiger charge is 2.11. The van der Waals surface area contributed by atoms with Gasteiger partial charge in [0.15, 0.2) is 5.76 Å². The zero-order valence-corrected chi connectivity index (χ0v) is 8.57. The molecule has 0 aliphatic heterocycles. The summed E-state index contributed by atoms with van der Waals surface area (Å²) in [5, 5.41) is 6.29. The summed E-state index contributed by atoms with van der Waals surface area (Å²) in [6, 6.07) is 3.65. The van der Waals surface area contributed by atoms with E-state index in [1.165, 1.54) is 11.3 Å². The van der Waals surface area contributed by atoms with Crippen LogP contribution in [0.4, 0.5) is 0 Å². The van der Waals surface area contributed by atoms with Crippen LogP contribution < -0.4 is 5.73 Å². The number of furan rings is 1. The Hall–Kier alpha value is -1.66. The lowest BCUT2D eigenvalue weighted by Gasteiger charge is -1.89. The summed E-state index contributed by atoms with van der Waals surface area (Å²) >= 11 is 1.52. The van der Waals surface area contributed by atoms with Crippen LogP contribution in [-0.4, -0.2) is 14.6 Å². The van der Waals surface area contributed by atoms with Gasteiger partial charge in [0.25, 0.3) is 0 Å². The number of thiazole rings is 1. The molecule has 3 aromatic rings. The van der Waals surface area contributed by atoms with Crippen molar-refractivity contribution in [1.29, 1.82) is 0 Å². The van der Waals surface area contributed by atoms with Gasteiger partial charge in [0.05, 0.1) is 12.0 Å². The third-order valence-corrected chi connectivity index (χ3v) is 2.97. The lowest BCUT2D eigenvalue weighted by atomic mass is 10.4. The van der Waals surface area contributed by atoms with Gasteiger partial charge >= 0.3 is 0 Å². The van der Waals surface area contributed by atoms with Crippen molar-refractivity contribution in [2.24, 2.45) is 5.73 Å². The smallest absolute Gasteiger partial charge is 0.218 e. The summed E-state index contributed by atoms with van der Waals surface area (Å²) in [5.74, 6) is 1.27. The number of hydrogen-bond donors (Lipinski definition) is 1. The van der Waals surface area contributed by atoms with E-state index >= 15 is 0 Å². The second-order valence-electron chi connectivity index (χ2n) is 3.04. The molecule has 0 atom stereocenters. The second kappa shape index (κ2) is 3.18. The van der Waals surface area contributed by atoms with Crippen LogP contribution >= 0.6 is 11.3 Å². The SMILES string of the molecule is NCc1csc2nc(-c3ccco3)nn12. The Morgan fingerprint density at radius 1 is 1.53 bits per heavy atom. The minimum absolute atomic E-state index is 0.459. The van der Waals surface area contributed by atoms with Gasteiger partial charge < -0.3 is 10.2 Å². The van der Waals surface area contributed by atoms with E-state index in [1.807, 2.05) is 17.5 Å². The number of nitrogens with zero attached hydrogens (tertiary/aromatic N) is 3. The summed E-state index contributed by atoms with van der Waals surface area (Å²) in [5.41, 5.74) is 6.54. The maximum Gasteiger partial charge on any atom is 0.218 e. The fourth-order valence-corrected chi connectivity index (χ4v) is 2.21. The van der Waals surface area contributed by atoms with Gasteiger partial charge in [-0.1, -0.05) is 0 Å². The number of nitrogens with two attached hydrogens (primary N) is 1. The molecule has 0 aliphatic carbocycles. The van der Waals surface area contributed by atoms with E-state index in [0.717, 1.165) is 10.7 Å². The van der Waals surface area contributed by atoms with Crippen LogP contribution in [0, 0.1) is 0 Å². The third-order valence-electron chi connectivity index (χ3n) is 2.10. The highest BCUT2D eigenvalue weighted by atomic mass is 32.1. The van der Waals surface area contributed by atoms with Gasteiger partial charge in [0.2, 0.25) is 10.8 Å². The average molecular weight is 220 g/mol. The van der Waals surface area contributed by atoms with Crippen LogP contribution in [0.3, 0.4) is 0 Å². The van der Waals surface area contributed by atoms with Crippen LogP contribution in [0.5, 0.6) is 0 Å². The molecule has 0 bridgehead atoms. The molecule has 15 heavy (non-hydrogen) atoms. The van der Waals surface area contributed by atoms with E-state index in [-0.39, 0.29) is 0 Å². The number of aromatic nitrogens is 3. The van der Waals surface area contributed by atoms with Crippen molar-refractivity contribution < 1.29 is 4.42 Å². The van der Waals surface area contributed by atoms with Gasteiger partial charge in [-0.3, -0.25) is 0 Å². The Kier molecular flexibility index (Phi) is 1.83. The van der Waals surface area contributed by atoms with Gasteiger partial charge in [-0.15, -0.1) is 16.4 Å².